The Labute approximate surface area is 108 Å². The highest BCUT2D eigenvalue weighted by Crippen LogP contribution is 2.39. The van der Waals surface area contributed by atoms with Crippen LogP contribution in [0.25, 0.3) is 0 Å². The van der Waals surface area contributed by atoms with Crippen LogP contribution in [-0.2, 0) is 4.74 Å². The predicted octanol–water partition coefficient (Wildman–Crippen LogP) is 5.31. The summed E-state index contributed by atoms with van der Waals surface area (Å²) in [4.78, 5) is 0. The molecule has 100 valence electrons. The van der Waals surface area contributed by atoms with Gasteiger partial charge < -0.3 is 4.74 Å². The van der Waals surface area contributed by atoms with E-state index in [4.69, 9.17) is 4.74 Å². The van der Waals surface area contributed by atoms with E-state index in [9.17, 15) is 0 Å². The van der Waals surface area contributed by atoms with Gasteiger partial charge >= 0.3 is 0 Å². The zero-order valence-corrected chi connectivity index (χ0v) is 12.4. The largest absolute Gasteiger partial charge is 0.492 e. The van der Waals surface area contributed by atoms with Crippen molar-refractivity contribution < 1.29 is 4.74 Å². The molecule has 0 atom stereocenters. The molecule has 1 aliphatic carbocycles. The molecule has 0 aromatic heterocycles. The molecule has 0 spiro atoms. The molecular formula is C16H30O. The van der Waals surface area contributed by atoms with E-state index in [0.29, 0.717) is 5.92 Å². The molecule has 1 rings (SSSR count). The zero-order valence-electron chi connectivity index (χ0n) is 12.4. The molecule has 0 N–H and O–H groups in total. The first-order valence-corrected chi connectivity index (χ1v) is 7.18. The molecule has 0 unspecified atom stereocenters. The Hall–Kier alpha value is -0.460. The maximum absolute atomic E-state index is 6.24. The Kier molecular flexibility index (Phi) is 4.69. The molecule has 0 aromatic carbocycles. The number of rotatable bonds is 5. The summed E-state index contributed by atoms with van der Waals surface area (Å²) in [6.07, 6.45) is 7.82. The summed E-state index contributed by atoms with van der Waals surface area (Å²) in [5.41, 5.74) is 0.0376. The highest BCUT2D eigenvalue weighted by atomic mass is 16.5. The lowest BCUT2D eigenvalue weighted by molar-refractivity contribution is -0.0506. The summed E-state index contributed by atoms with van der Waals surface area (Å²) in [6.45, 7) is 15.3. The average Bonchev–Trinajstić information content (AvgIpc) is 2.29. The highest BCUT2D eigenvalue weighted by molar-refractivity contribution is 5.01. The molecule has 1 saturated carbocycles. The number of hydrogen-bond donors (Lipinski definition) is 0. The Balaban J connectivity index is 2.61. The van der Waals surface area contributed by atoms with Crippen molar-refractivity contribution in [3.8, 4) is 0 Å². The van der Waals surface area contributed by atoms with Gasteiger partial charge in [0, 0.05) is 5.41 Å². The van der Waals surface area contributed by atoms with Gasteiger partial charge in [0.15, 0.2) is 0 Å². The van der Waals surface area contributed by atoms with Crippen molar-refractivity contribution in [3.63, 3.8) is 0 Å². The van der Waals surface area contributed by atoms with Crippen LogP contribution in [0.3, 0.4) is 0 Å². The maximum atomic E-state index is 6.24. The lowest BCUT2D eigenvalue weighted by atomic mass is 9.78. The van der Waals surface area contributed by atoms with Crippen LogP contribution in [0, 0.1) is 11.3 Å². The topological polar surface area (TPSA) is 9.23 Å². The summed E-state index contributed by atoms with van der Waals surface area (Å²) >= 11 is 0. The van der Waals surface area contributed by atoms with Crippen molar-refractivity contribution in [2.75, 3.05) is 0 Å². The van der Waals surface area contributed by atoms with Gasteiger partial charge in [-0.05, 0) is 39.0 Å². The van der Waals surface area contributed by atoms with Gasteiger partial charge in [-0.25, -0.2) is 0 Å². The number of allylic oxidation sites excluding steroid dienone is 1. The molecule has 0 heterocycles. The van der Waals surface area contributed by atoms with Crippen LogP contribution < -0.4 is 0 Å². The maximum Gasteiger partial charge on any atom is 0.106 e. The standard InChI is InChI=1S/C16H30O/c1-7-15(3,4)13(2)17-16(5,6)14-11-9-8-10-12-14/h14H,2,7-12H2,1,3-6H3. The fourth-order valence-corrected chi connectivity index (χ4v) is 2.53. The van der Waals surface area contributed by atoms with Crippen molar-refractivity contribution in [1.29, 1.82) is 0 Å². The van der Waals surface area contributed by atoms with Gasteiger partial charge in [-0.1, -0.05) is 46.6 Å². The number of ether oxygens (including phenoxy) is 1. The summed E-state index contributed by atoms with van der Waals surface area (Å²) < 4.78 is 6.24. The van der Waals surface area contributed by atoms with E-state index in [-0.39, 0.29) is 11.0 Å². The molecule has 1 heteroatoms. The molecule has 0 saturated heterocycles. The highest BCUT2D eigenvalue weighted by Gasteiger charge is 2.35. The molecule has 1 nitrogen and oxygen atoms in total. The molecule has 0 aliphatic heterocycles. The molecule has 0 amide bonds. The van der Waals surface area contributed by atoms with E-state index in [0.717, 1.165) is 12.2 Å². The average molecular weight is 238 g/mol. The minimum Gasteiger partial charge on any atom is -0.492 e. The van der Waals surface area contributed by atoms with Gasteiger partial charge in [0.1, 0.15) is 5.60 Å². The third kappa shape index (κ3) is 3.76. The van der Waals surface area contributed by atoms with Crippen molar-refractivity contribution in [3.05, 3.63) is 12.3 Å². The van der Waals surface area contributed by atoms with E-state index in [2.05, 4.69) is 41.2 Å². The van der Waals surface area contributed by atoms with Crippen LogP contribution in [0.5, 0.6) is 0 Å². The molecule has 0 radical (unpaired) electrons. The zero-order chi connectivity index (χ0) is 13.1. The van der Waals surface area contributed by atoms with Crippen molar-refractivity contribution in [1.82, 2.24) is 0 Å². The van der Waals surface area contributed by atoms with Crippen molar-refractivity contribution in [2.24, 2.45) is 11.3 Å². The van der Waals surface area contributed by atoms with Crippen molar-refractivity contribution >= 4 is 0 Å². The van der Waals surface area contributed by atoms with E-state index in [1.165, 1.54) is 32.1 Å². The summed E-state index contributed by atoms with van der Waals surface area (Å²) in [5.74, 6) is 1.65. The summed E-state index contributed by atoms with van der Waals surface area (Å²) in [7, 11) is 0. The second kappa shape index (κ2) is 5.46. The first kappa shape index (κ1) is 14.6. The van der Waals surface area contributed by atoms with Gasteiger partial charge in [0.2, 0.25) is 0 Å². The quantitative estimate of drug-likeness (QED) is 0.590. The second-order valence-corrected chi connectivity index (χ2v) is 6.70. The molecule has 1 fully saturated rings. The monoisotopic (exact) mass is 238 g/mol. The number of hydrogen-bond acceptors (Lipinski definition) is 1. The molecule has 0 aromatic rings. The van der Waals surface area contributed by atoms with Crippen LogP contribution in [0.2, 0.25) is 0 Å². The minimum absolute atomic E-state index is 0.0516. The fraction of sp³-hybridized carbons (Fsp3) is 0.875. The Bertz CT molecular complexity index is 257. The second-order valence-electron chi connectivity index (χ2n) is 6.70. The molecule has 1 aliphatic rings. The predicted molar refractivity (Wildman–Crippen MR) is 75.0 cm³/mol. The van der Waals surface area contributed by atoms with Gasteiger partial charge in [-0.2, -0.15) is 0 Å². The Morgan fingerprint density at radius 2 is 1.65 bits per heavy atom. The van der Waals surface area contributed by atoms with Gasteiger partial charge in [0.25, 0.3) is 0 Å². The SMILES string of the molecule is C=C(OC(C)(C)C1CCCCC1)C(C)(C)CC. The smallest absolute Gasteiger partial charge is 0.106 e. The van der Waals surface area contributed by atoms with Crippen LogP contribution in [0.1, 0.15) is 73.1 Å². The summed E-state index contributed by atoms with van der Waals surface area (Å²) in [5, 5.41) is 0. The molecule has 17 heavy (non-hydrogen) atoms. The first-order chi connectivity index (χ1) is 7.79. The first-order valence-electron chi connectivity index (χ1n) is 7.18. The van der Waals surface area contributed by atoms with Crippen LogP contribution in [-0.4, -0.2) is 5.60 Å². The van der Waals surface area contributed by atoms with Crippen LogP contribution >= 0.6 is 0 Å². The van der Waals surface area contributed by atoms with E-state index >= 15 is 0 Å². The third-order valence-electron chi connectivity index (χ3n) is 4.61. The molecular weight excluding hydrogens is 208 g/mol. The summed E-state index contributed by atoms with van der Waals surface area (Å²) in [6, 6.07) is 0. The third-order valence-corrected chi connectivity index (χ3v) is 4.61. The Morgan fingerprint density at radius 1 is 1.12 bits per heavy atom. The fourth-order valence-electron chi connectivity index (χ4n) is 2.53. The van der Waals surface area contributed by atoms with Crippen LogP contribution in [0.4, 0.5) is 0 Å². The van der Waals surface area contributed by atoms with Crippen molar-refractivity contribution in [2.45, 2.75) is 78.7 Å². The van der Waals surface area contributed by atoms with Gasteiger partial charge in [0.05, 0.1) is 5.76 Å². The lowest BCUT2D eigenvalue weighted by Crippen LogP contribution is -2.37. The van der Waals surface area contributed by atoms with Gasteiger partial charge in [-0.15, -0.1) is 0 Å². The minimum atomic E-state index is -0.0516. The van der Waals surface area contributed by atoms with E-state index in [1.54, 1.807) is 0 Å². The Morgan fingerprint density at radius 3 is 2.12 bits per heavy atom. The normalized spacial score (nSPS) is 19.1. The van der Waals surface area contributed by atoms with E-state index < -0.39 is 0 Å². The van der Waals surface area contributed by atoms with Gasteiger partial charge in [-0.3, -0.25) is 0 Å². The lowest BCUT2D eigenvalue weighted by Gasteiger charge is -2.40. The van der Waals surface area contributed by atoms with E-state index in [1.807, 2.05) is 0 Å². The van der Waals surface area contributed by atoms with Crippen LogP contribution in [0.15, 0.2) is 12.3 Å². The molecule has 0 bridgehead atoms.